The van der Waals surface area contributed by atoms with Gasteiger partial charge in [0.05, 0.1) is 0 Å². The number of fused-ring (bicyclic) bond motifs is 10. The minimum absolute atomic E-state index is 0.0936. The molecule has 4 aliphatic heterocycles. The zero-order valence-electron chi connectivity index (χ0n) is 36.5. The molecule has 4 heterocycles. The standard InChI is InChI=1S/C64H34B2Br2/c67-37-27-51-43-23-12-14-26-56(43)66-58-34-50-46(42-22-10-8-20-40(42)36-17-5-2-6-18-36)32-48-54-30-38(68)28-52-44-24-11-13-25-55(44)65(64(52)54)57-33-49-45(41-21-9-7-19-39(41)35-15-3-1-4-16-35)31-47(53(29-37)63(51)66)59(58)61(49)62(50)60(48)57/h1-34H. The molecule has 0 atom stereocenters. The number of benzene rings is 12. The summed E-state index contributed by atoms with van der Waals surface area (Å²) in [6, 6.07) is 78.5. The van der Waals surface area contributed by atoms with Gasteiger partial charge in [0.1, 0.15) is 0 Å². The highest BCUT2D eigenvalue weighted by atomic mass is 79.9. The van der Waals surface area contributed by atoms with Crippen LogP contribution in [-0.4, -0.2) is 13.4 Å². The van der Waals surface area contributed by atoms with E-state index in [1.807, 2.05) is 0 Å². The number of hydrogen-bond acceptors (Lipinski definition) is 0. The maximum Gasteiger partial charge on any atom is 0.244 e. The van der Waals surface area contributed by atoms with Crippen molar-refractivity contribution in [3.8, 4) is 89.0 Å². The van der Waals surface area contributed by atoms with Crippen molar-refractivity contribution in [3.05, 3.63) is 215 Å². The summed E-state index contributed by atoms with van der Waals surface area (Å²) >= 11 is 8.12. The summed E-state index contributed by atoms with van der Waals surface area (Å²) in [6.45, 7) is 0.187. The Bertz CT molecular complexity index is 3960. The third-order valence-electron chi connectivity index (χ3n) is 16.0. The van der Waals surface area contributed by atoms with Crippen LogP contribution in [-0.2, 0) is 0 Å². The molecule has 12 aromatic rings. The van der Waals surface area contributed by atoms with Crippen molar-refractivity contribution in [2.75, 3.05) is 0 Å². The number of halogens is 2. The molecule has 0 bridgehead atoms. The quantitative estimate of drug-likeness (QED) is 0.122. The van der Waals surface area contributed by atoms with Crippen LogP contribution in [0.4, 0.5) is 0 Å². The minimum atomic E-state index is 0.0936. The largest absolute Gasteiger partial charge is 0.244 e. The van der Waals surface area contributed by atoms with Gasteiger partial charge in [-0.15, -0.1) is 0 Å². The average Bonchev–Trinajstić information content (AvgIpc) is 3.90. The summed E-state index contributed by atoms with van der Waals surface area (Å²) in [5, 5.41) is 8.13. The molecule has 0 fully saturated rings. The molecule has 0 aliphatic carbocycles. The van der Waals surface area contributed by atoms with Crippen LogP contribution in [0, 0.1) is 0 Å². The number of rotatable bonds is 4. The molecule has 0 saturated heterocycles. The van der Waals surface area contributed by atoms with Crippen LogP contribution in [0.15, 0.2) is 215 Å². The van der Waals surface area contributed by atoms with Gasteiger partial charge in [0.2, 0.25) is 13.4 Å². The molecule has 0 amide bonds. The molecule has 0 unspecified atom stereocenters. The Balaban J connectivity index is 1.17. The van der Waals surface area contributed by atoms with E-state index < -0.39 is 0 Å². The van der Waals surface area contributed by atoms with Gasteiger partial charge in [-0.05, 0) is 158 Å². The van der Waals surface area contributed by atoms with Gasteiger partial charge in [-0.3, -0.25) is 0 Å². The Morgan fingerprint density at radius 3 is 0.985 bits per heavy atom. The Hall–Kier alpha value is -7.23. The van der Waals surface area contributed by atoms with E-state index in [9.17, 15) is 0 Å². The summed E-state index contributed by atoms with van der Waals surface area (Å²) in [7, 11) is 0. The highest BCUT2D eigenvalue weighted by Crippen LogP contribution is 2.53. The lowest BCUT2D eigenvalue weighted by Crippen LogP contribution is -2.52. The topological polar surface area (TPSA) is 0 Å². The van der Waals surface area contributed by atoms with Crippen LogP contribution >= 0.6 is 31.9 Å². The Labute approximate surface area is 411 Å². The molecule has 4 heteroatoms. The summed E-state index contributed by atoms with van der Waals surface area (Å²) in [6.07, 6.45) is 0. The van der Waals surface area contributed by atoms with Gasteiger partial charge >= 0.3 is 0 Å². The first-order chi connectivity index (χ1) is 33.6. The van der Waals surface area contributed by atoms with Crippen LogP contribution in [0.5, 0.6) is 0 Å². The van der Waals surface area contributed by atoms with Crippen molar-refractivity contribution >= 4 is 110 Å². The predicted octanol–water partition coefficient (Wildman–Crippen LogP) is 13.7. The van der Waals surface area contributed by atoms with Crippen molar-refractivity contribution < 1.29 is 0 Å². The second kappa shape index (κ2) is 13.7. The van der Waals surface area contributed by atoms with E-state index in [0.717, 1.165) is 8.95 Å². The lowest BCUT2D eigenvalue weighted by Gasteiger charge is -2.33. The molecule has 16 rings (SSSR count). The van der Waals surface area contributed by atoms with Crippen molar-refractivity contribution in [2.24, 2.45) is 0 Å². The van der Waals surface area contributed by atoms with Gasteiger partial charge in [0.25, 0.3) is 0 Å². The Kier molecular flexibility index (Phi) is 7.62. The van der Waals surface area contributed by atoms with Gasteiger partial charge in [-0.2, -0.15) is 0 Å². The molecular weight excluding hydrogens is 950 g/mol. The lowest BCUT2D eigenvalue weighted by molar-refractivity contribution is 1.59. The Morgan fingerprint density at radius 2 is 0.574 bits per heavy atom. The first-order valence-electron chi connectivity index (χ1n) is 23.6. The summed E-state index contributed by atoms with van der Waals surface area (Å²) in [4.78, 5) is 0. The molecule has 12 aromatic carbocycles. The second-order valence-corrected chi connectivity index (χ2v) is 21.0. The van der Waals surface area contributed by atoms with E-state index in [4.69, 9.17) is 0 Å². The molecule has 0 nitrogen and oxygen atoms in total. The van der Waals surface area contributed by atoms with E-state index in [-0.39, 0.29) is 13.4 Å². The van der Waals surface area contributed by atoms with Crippen molar-refractivity contribution in [1.29, 1.82) is 0 Å². The molecule has 0 aromatic heterocycles. The monoisotopic (exact) mass is 982 g/mol. The van der Waals surface area contributed by atoms with Crippen molar-refractivity contribution in [3.63, 3.8) is 0 Å². The average molecular weight is 984 g/mol. The van der Waals surface area contributed by atoms with Gasteiger partial charge in [0.15, 0.2) is 0 Å². The highest BCUT2D eigenvalue weighted by molar-refractivity contribution is 9.10. The Morgan fingerprint density at radius 1 is 0.235 bits per heavy atom. The minimum Gasteiger partial charge on any atom is -0.0664 e. The summed E-state index contributed by atoms with van der Waals surface area (Å²) < 4.78 is 2.22. The van der Waals surface area contributed by atoms with Crippen LogP contribution in [0.2, 0.25) is 0 Å². The maximum absolute atomic E-state index is 4.06. The molecule has 68 heavy (non-hydrogen) atoms. The van der Waals surface area contributed by atoms with Crippen LogP contribution in [0.3, 0.4) is 0 Å². The zero-order valence-corrected chi connectivity index (χ0v) is 39.7. The molecular formula is C64H34B2Br2. The van der Waals surface area contributed by atoms with Gasteiger partial charge in [-0.25, -0.2) is 0 Å². The smallest absolute Gasteiger partial charge is 0.0664 e. The van der Waals surface area contributed by atoms with Gasteiger partial charge in [0, 0.05) is 8.95 Å². The van der Waals surface area contributed by atoms with E-state index >= 15 is 0 Å². The molecule has 0 saturated carbocycles. The maximum atomic E-state index is 4.06. The van der Waals surface area contributed by atoms with Crippen LogP contribution in [0.25, 0.3) is 121 Å². The van der Waals surface area contributed by atoms with E-state index in [1.165, 1.54) is 154 Å². The fourth-order valence-corrected chi connectivity index (χ4v) is 14.4. The third kappa shape index (κ3) is 4.87. The van der Waals surface area contributed by atoms with Gasteiger partial charge < -0.3 is 0 Å². The molecule has 310 valence electrons. The number of hydrogen-bond donors (Lipinski definition) is 0. The first-order valence-corrected chi connectivity index (χ1v) is 25.2. The molecule has 0 spiro atoms. The molecule has 4 aliphatic rings. The van der Waals surface area contributed by atoms with Crippen molar-refractivity contribution in [2.45, 2.75) is 0 Å². The summed E-state index contributed by atoms with van der Waals surface area (Å²) in [5.74, 6) is 0. The fourth-order valence-electron chi connectivity index (χ4n) is 13.5. The third-order valence-corrected chi connectivity index (χ3v) is 16.9. The van der Waals surface area contributed by atoms with Crippen LogP contribution < -0.4 is 32.8 Å². The SMILES string of the molecule is Brc1cc2c3c(c1)-c1cc(-c4ccccc4-c4ccccc4)c4cc5c6c(cc(-c7ccccc7-c7ccccc7)c7cc(c1c4c76)B3c1ccccc1-2)-c1cc(Br)cc2c1B5c1ccccc1-2. The van der Waals surface area contributed by atoms with Crippen molar-refractivity contribution in [1.82, 2.24) is 0 Å². The van der Waals surface area contributed by atoms with E-state index in [1.54, 1.807) is 0 Å². The summed E-state index contributed by atoms with van der Waals surface area (Å²) in [5.41, 5.74) is 29.0. The van der Waals surface area contributed by atoms with E-state index in [0.29, 0.717) is 0 Å². The van der Waals surface area contributed by atoms with Crippen LogP contribution in [0.1, 0.15) is 0 Å². The lowest BCUT2D eigenvalue weighted by atomic mass is 9.34. The van der Waals surface area contributed by atoms with E-state index in [2.05, 4.69) is 238 Å². The molecule has 0 N–H and O–H groups in total. The molecule has 0 radical (unpaired) electrons. The zero-order chi connectivity index (χ0) is 44.5. The normalized spacial score (nSPS) is 13.1. The highest BCUT2D eigenvalue weighted by Gasteiger charge is 2.45. The second-order valence-electron chi connectivity index (χ2n) is 19.2. The fraction of sp³-hybridized carbons (Fsp3) is 0. The first kappa shape index (κ1) is 37.8. The predicted molar refractivity (Wildman–Crippen MR) is 298 cm³/mol. The van der Waals surface area contributed by atoms with Gasteiger partial charge in [-0.1, -0.05) is 234 Å².